The van der Waals surface area contributed by atoms with Crippen molar-refractivity contribution < 1.29 is 23.8 Å². The van der Waals surface area contributed by atoms with E-state index in [1.807, 2.05) is 20.8 Å². The zero-order valence-corrected chi connectivity index (χ0v) is 12.8. The van der Waals surface area contributed by atoms with Gasteiger partial charge in [-0.3, -0.25) is 4.79 Å². The van der Waals surface area contributed by atoms with Crippen LogP contribution >= 0.6 is 0 Å². The fourth-order valence-electron chi connectivity index (χ4n) is 1.94. The van der Waals surface area contributed by atoms with Crippen LogP contribution < -0.4 is 5.32 Å². The molecule has 1 atom stereocenters. The summed E-state index contributed by atoms with van der Waals surface area (Å²) in [5, 5.41) is 11.9. The highest BCUT2D eigenvalue weighted by Gasteiger charge is 2.23. The van der Waals surface area contributed by atoms with Crippen LogP contribution in [-0.2, 0) is 9.53 Å². The number of rotatable bonds is 7. The van der Waals surface area contributed by atoms with Crippen molar-refractivity contribution in [1.82, 2.24) is 4.98 Å². The summed E-state index contributed by atoms with van der Waals surface area (Å²) in [7, 11) is 0. The van der Waals surface area contributed by atoms with Crippen LogP contribution in [0.25, 0.3) is 0 Å². The third-order valence-corrected chi connectivity index (χ3v) is 2.60. The Labute approximate surface area is 123 Å². The fourth-order valence-corrected chi connectivity index (χ4v) is 1.94. The molecule has 1 rings (SSSR count). The van der Waals surface area contributed by atoms with Crippen LogP contribution in [0.3, 0.4) is 0 Å². The highest BCUT2D eigenvalue weighted by Crippen LogP contribution is 2.24. The molecule has 0 aliphatic rings. The summed E-state index contributed by atoms with van der Waals surface area (Å²) in [5.74, 6) is -1.48. The van der Waals surface area contributed by atoms with Crippen molar-refractivity contribution in [1.29, 1.82) is 0 Å². The van der Waals surface area contributed by atoms with Gasteiger partial charge >= 0.3 is 11.9 Å². The number of hydrogen-bond donors (Lipinski definition) is 2. The molecule has 0 spiro atoms. The SMILES string of the molecule is CCOC(=O)c1coc(NC(CC(=O)O)CC(C)(C)C)n1. The van der Waals surface area contributed by atoms with Crippen LogP contribution in [0.15, 0.2) is 10.7 Å². The van der Waals surface area contributed by atoms with Crippen molar-refractivity contribution in [3.8, 4) is 0 Å². The molecule has 2 N–H and O–H groups in total. The highest BCUT2D eigenvalue weighted by molar-refractivity contribution is 5.87. The largest absolute Gasteiger partial charge is 0.481 e. The molecular weight excluding hydrogens is 276 g/mol. The standard InChI is InChI=1S/C14H22N2O5/c1-5-20-12(19)10-8-21-13(16-10)15-9(6-11(17)18)7-14(2,3)4/h8-9H,5-7H2,1-4H3,(H,15,16)(H,17,18). The topological polar surface area (TPSA) is 102 Å². The Hall–Kier alpha value is -2.05. The van der Waals surface area contributed by atoms with Gasteiger partial charge in [-0.05, 0) is 18.8 Å². The van der Waals surface area contributed by atoms with Crippen LogP contribution in [0.1, 0.15) is 51.0 Å². The summed E-state index contributed by atoms with van der Waals surface area (Å²) in [5.41, 5.74) is 0.00753. The molecule has 7 heteroatoms. The smallest absolute Gasteiger partial charge is 0.360 e. The van der Waals surface area contributed by atoms with Gasteiger partial charge in [0.15, 0.2) is 5.69 Å². The van der Waals surface area contributed by atoms with Crippen LogP contribution in [0.4, 0.5) is 6.01 Å². The lowest BCUT2D eigenvalue weighted by molar-refractivity contribution is -0.137. The molecule has 0 fully saturated rings. The normalized spacial score (nSPS) is 12.8. The Kier molecular flexibility index (Phi) is 5.75. The molecule has 0 bridgehead atoms. The zero-order chi connectivity index (χ0) is 16.0. The van der Waals surface area contributed by atoms with Gasteiger partial charge in [-0.25, -0.2) is 4.79 Å². The van der Waals surface area contributed by atoms with Crippen LogP contribution in [0.2, 0.25) is 0 Å². The summed E-state index contributed by atoms with van der Waals surface area (Å²) in [4.78, 5) is 26.4. The summed E-state index contributed by atoms with van der Waals surface area (Å²) >= 11 is 0. The Morgan fingerprint density at radius 1 is 1.48 bits per heavy atom. The molecule has 1 heterocycles. The fraction of sp³-hybridized carbons (Fsp3) is 0.643. The van der Waals surface area contributed by atoms with Crippen molar-refractivity contribution >= 4 is 18.0 Å². The third-order valence-electron chi connectivity index (χ3n) is 2.60. The Balaban J connectivity index is 2.74. The average molecular weight is 298 g/mol. The summed E-state index contributed by atoms with van der Waals surface area (Å²) in [6, 6.07) is -0.218. The average Bonchev–Trinajstić information content (AvgIpc) is 2.74. The second-order valence-corrected chi connectivity index (χ2v) is 5.96. The maximum atomic E-state index is 11.5. The molecule has 0 aromatic carbocycles. The van der Waals surface area contributed by atoms with E-state index in [1.54, 1.807) is 6.92 Å². The molecule has 0 aliphatic heterocycles. The number of anilines is 1. The molecule has 118 valence electrons. The first kappa shape index (κ1) is 17.0. The molecular formula is C14H22N2O5. The lowest BCUT2D eigenvalue weighted by atomic mass is 9.87. The van der Waals surface area contributed by atoms with E-state index < -0.39 is 11.9 Å². The number of carboxylic acid groups (broad SMARTS) is 1. The van der Waals surface area contributed by atoms with Crippen molar-refractivity contribution in [2.75, 3.05) is 11.9 Å². The predicted octanol–water partition coefficient (Wildman–Crippen LogP) is 2.54. The first-order valence-corrected chi connectivity index (χ1v) is 6.82. The van der Waals surface area contributed by atoms with E-state index in [0.717, 1.165) is 0 Å². The number of carbonyl (C=O) groups excluding carboxylic acids is 1. The number of oxazole rings is 1. The minimum atomic E-state index is -0.908. The monoisotopic (exact) mass is 298 g/mol. The number of ether oxygens (including phenoxy) is 1. The van der Waals surface area contributed by atoms with Gasteiger partial charge in [0.25, 0.3) is 6.01 Å². The minimum absolute atomic E-state index is 0.0519. The Bertz CT molecular complexity index is 490. The number of carbonyl (C=O) groups is 2. The van der Waals surface area contributed by atoms with Crippen molar-refractivity contribution in [3.63, 3.8) is 0 Å². The van der Waals surface area contributed by atoms with Gasteiger partial charge in [-0.15, -0.1) is 0 Å². The number of aliphatic carboxylic acids is 1. The molecule has 1 aromatic heterocycles. The number of nitrogens with one attached hydrogen (secondary N) is 1. The molecule has 0 radical (unpaired) electrons. The van der Waals surface area contributed by atoms with E-state index in [4.69, 9.17) is 14.3 Å². The van der Waals surface area contributed by atoms with E-state index in [1.165, 1.54) is 6.26 Å². The van der Waals surface area contributed by atoms with Gasteiger partial charge < -0.3 is 19.6 Å². The van der Waals surface area contributed by atoms with Gasteiger partial charge in [0.1, 0.15) is 6.26 Å². The van der Waals surface area contributed by atoms with E-state index in [0.29, 0.717) is 6.42 Å². The van der Waals surface area contributed by atoms with E-state index in [2.05, 4.69) is 10.3 Å². The second-order valence-electron chi connectivity index (χ2n) is 5.96. The lowest BCUT2D eigenvalue weighted by Crippen LogP contribution is -2.28. The molecule has 21 heavy (non-hydrogen) atoms. The predicted molar refractivity (Wildman–Crippen MR) is 76.2 cm³/mol. The van der Waals surface area contributed by atoms with E-state index in [9.17, 15) is 9.59 Å². The first-order valence-electron chi connectivity index (χ1n) is 6.82. The van der Waals surface area contributed by atoms with Gasteiger partial charge in [0.2, 0.25) is 0 Å². The molecule has 1 aromatic rings. The summed E-state index contributed by atoms with van der Waals surface area (Å²) in [6.45, 7) is 8.00. The molecule has 7 nitrogen and oxygen atoms in total. The third kappa shape index (κ3) is 6.29. The zero-order valence-electron chi connectivity index (χ0n) is 12.8. The summed E-state index contributed by atoms with van der Waals surface area (Å²) in [6.07, 6.45) is 1.75. The first-order chi connectivity index (χ1) is 9.71. The summed E-state index contributed by atoms with van der Waals surface area (Å²) < 4.78 is 9.95. The highest BCUT2D eigenvalue weighted by atomic mass is 16.5. The number of carboxylic acids is 1. The second kappa shape index (κ2) is 7.10. The maximum absolute atomic E-state index is 11.5. The molecule has 0 saturated heterocycles. The molecule has 0 saturated carbocycles. The van der Waals surface area contributed by atoms with Crippen LogP contribution in [0, 0.1) is 5.41 Å². The quantitative estimate of drug-likeness (QED) is 0.746. The van der Waals surface area contributed by atoms with Gasteiger partial charge in [-0.1, -0.05) is 20.8 Å². The van der Waals surface area contributed by atoms with Gasteiger partial charge in [-0.2, -0.15) is 4.98 Å². The van der Waals surface area contributed by atoms with Crippen molar-refractivity contribution in [2.45, 2.75) is 46.6 Å². The lowest BCUT2D eigenvalue weighted by Gasteiger charge is -2.25. The van der Waals surface area contributed by atoms with Crippen LogP contribution in [0.5, 0.6) is 0 Å². The van der Waals surface area contributed by atoms with E-state index >= 15 is 0 Å². The molecule has 0 aliphatic carbocycles. The van der Waals surface area contributed by atoms with Crippen LogP contribution in [-0.4, -0.2) is 34.7 Å². The number of nitrogens with zero attached hydrogens (tertiary/aromatic N) is 1. The van der Waals surface area contributed by atoms with Crippen molar-refractivity contribution in [3.05, 3.63) is 12.0 Å². The van der Waals surface area contributed by atoms with Crippen molar-refractivity contribution in [2.24, 2.45) is 5.41 Å². The maximum Gasteiger partial charge on any atom is 0.360 e. The Morgan fingerprint density at radius 3 is 2.67 bits per heavy atom. The molecule has 1 unspecified atom stereocenters. The Morgan fingerprint density at radius 2 is 2.14 bits per heavy atom. The van der Waals surface area contributed by atoms with Gasteiger partial charge in [0, 0.05) is 6.04 Å². The number of hydrogen-bond acceptors (Lipinski definition) is 6. The number of esters is 1. The molecule has 0 amide bonds. The number of aromatic nitrogens is 1. The van der Waals surface area contributed by atoms with E-state index in [-0.39, 0.29) is 36.2 Å². The minimum Gasteiger partial charge on any atom is -0.481 e. The van der Waals surface area contributed by atoms with Gasteiger partial charge in [0.05, 0.1) is 13.0 Å².